The number of nitrogens with one attached hydrogen (secondary N) is 1. The summed E-state index contributed by atoms with van der Waals surface area (Å²) in [6, 6.07) is 3.54. The Kier molecular flexibility index (Phi) is 6.15. The zero-order valence-electron chi connectivity index (χ0n) is 10.2. The Hall–Kier alpha value is -0.940. The van der Waals surface area contributed by atoms with E-state index in [0.717, 1.165) is 11.5 Å². The van der Waals surface area contributed by atoms with Gasteiger partial charge in [-0.25, -0.2) is 0 Å². The molecule has 0 spiro atoms. The van der Waals surface area contributed by atoms with Crippen LogP contribution in [0.15, 0.2) is 22.8 Å². The van der Waals surface area contributed by atoms with Crippen LogP contribution >= 0.6 is 11.8 Å². The van der Waals surface area contributed by atoms with Crippen molar-refractivity contribution in [3.8, 4) is 0 Å². The number of aliphatic hydroxyl groups excluding tert-OH is 1. The van der Waals surface area contributed by atoms with Crippen molar-refractivity contribution in [2.24, 2.45) is 5.92 Å². The second-order valence-electron chi connectivity index (χ2n) is 4.11. The highest BCUT2D eigenvalue weighted by Crippen LogP contribution is 2.13. The number of amides is 1. The minimum Gasteiger partial charge on any atom is -0.467 e. The lowest BCUT2D eigenvalue weighted by Gasteiger charge is -2.12. The Balaban J connectivity index is 2.21. The summed E-state index contributed by atoms with van der Waals surface area (Å²) >= 11 is 1.53. The largest absolute Gasteiger partial charge is 0.467 e. The molecule has 0 bridgehead atoms. The highest BCUT2D eigenvalue weighted by molar-refractivity contribution is 7.99. The van der Waals surface area contributed by atoms with Crippen LogP contribution in [0, 0.1) is 5.92 Å². The van der Waals surface area contributed by atoms with Crippen molar-refractivity contribution in [2.45, 2.75) is 19.9 Å². The van der Waals surface area contributed by atoms with E-state index in [0.29, 0.717) is 5.75 Å². The molecule has 5 heteroatoms. The smallest absolute Gasteiger partial charge is 0.230 e. The Bertz CT molecular complexity index is 327. The number of hydrogen-bond donors (Lipinski definition) is 2. The first-order valence-electron chi connectivity index (χ1n) is 5.64. The standard InChI is InChI=1S/C12H19NO3S/c1-9(6-14)7-17-8-12(15)13-10(2)11-4-3-5-16-11/h3-5,9-10,14H,6-8H2,1-2H3,(H,13,15). The third-order valence-corrected chi connectivity index (χ3v) is 3.57. The van der Waals surface area contributed by atoms with E-state index in [-0.39, 0.29) is 24.5 Å². The van der Waals surface area contributed by atoms with Crippen molar-refractivity contribution >= 4 is 17.7 Å². The molecule has 0 fully saturated rings. The van der Waals surface area contributed by atoms with Crippen LogP contribution in [-0.2, 0) is 4.79 Å². The van der Waals surface area contributed by atoms with Gasteiger partial charge in [0.05, 0.1) is 18.1 Å². The number of hydrogen-bond acceptors (Lipinski definition) is 4. The van der Waals surface area contributed by atoms with E-state index in [1.807, 2.05) is 19.9 Å². The number of carbonyl (C=O) groups excluding carboxylic acids is 1. The zero-order valence-corrected chi connectivity index (χ0v) is 11.0. The number of rotatable bonds is 7. The Morgan fingerprint density at radius 1 is 1.59 bits per heavy atom. The molecule has 1 heterocycles. The molecule has 0 aliphatic rings. The molecule has 0 aromatic carbocycles. The highest BCUT2D eigenvalue weighted by atomic mass is 32.2. The monoisotopic (exact) mass is 257 g/mol. The maximum atomic E-state index is 11.6. The molecule has 0 aliphatic heterocycles. The van der Waals surface area contributed by atoms with E-state index in [1.54, 1.807) is 12.3 Å². The summed E-state index contributed by atoms with van der Waals surface area (Å²) in [6.45, 7) is 4.01. The third-order valence-electron chi connectivity index (χ3n) is 2.29. The predicted molar refractivity (Wildman–Crippen MR) is 68.8 cm³/mol. The van der Waals surface area contributed by atoms with Gasteiger partial charge in [0.1, 0.15) is 5.76 Å². The van der Waals surface area contributed by atoms with Gasteiger partial charge in [-0.3, -0.25) is 4.79 Å². The normalized spacial score (nSPS) is 14.3. The molecular weight excluding hydrogens is 238 g/mol. The van der Waals surface area contributed by atoms with Crippen LogP contribution in [0.25, 0.3) is 0 Å². The van der Waals surface area contributed by atoms with Crippen molar-refractivity contribution in [3.05, 3.63) is 24.2 Å². The van der Waals surface area contributed by atoms with Crippen LogP contribution in [0.3, 0.4) is 0 Å². The maximum Gasteiger partial charge on any atom is 0.230 e. The molecule has 2 atom stereocenters. The molecule has 1 rings (SSSR count). The summed E-state index contributed by atoms with van der Waals surface area (Å²) < 4.78 is 5.20. The minimum absolute atomic E-state index is 0.0101. The molecule has 1 aromatic heterocycles. The Morgan fingerprint density at radius 3 is 2.94 bits per heavy atom. The molecule has 1 aromatic rings. The van der Waals surface area contributed by atoms with Crippen molar-refractivity contribution in [2.75, 3.05) is 18.1 Å². The molecule has 0 aliphatic carbocycles. The Morgan fingerprint density at radius 2 is 2.35 bits per heavy atom. The van der Waals surface area contributed by atoms with Crippen molar-refractivity contribution in [1.29, 1.82) is 0 Å². The first kappa shape index (κ1) is 14.1. The first-order chi connectivity index (χ1) is 8.13. The van der Waals surface area contributed by atoms with Crippen molar-refractivity contribution < 1.29 is 14.3 Å². The fourth-order valence-corrected chi connectivity index (χ4v) is 2.19. The average Bonchev–Trinajstić information content (AvgIpc) is 2.82. The number of thioether (sulfide) groups is 1. The zero-order chi connectivity index (χ0) is 12.7. The quantitative estimate of drug-likeness (QED) is 0.782. The first-order valence-corrected chi connectivity index (χ1v) is 6.80. The lowest BCUT2D eigenvalue weighted by Crippen LogP contribution is -2.28. The number of furan rings is 1. The van der Waals surface area contributed by atoms with Crippen LogP contribution in [0.4, 0.5) is 0 Å². The van der Waals surface area contributed by atoms with Gasteiger partial charge >= 0.3 is 0 Å². The third kappa shape index (κ3) is 5.28. The van der Waals surface area contributed by atoms with Gasteiger partial charge in [0.2, 0.25) is 5.91 Å². The summed E-state index contributed by atoms with van der Waals surface area (Å²) in [7, 11) is 0. The summed E-state index contributed by atoms with van der Waals surface area (Å²) in [6.07, 6.45) is 1.59. The van der Waals surface area contributed by atoms with E-state index >= 15 is 0 Å². The lowest BCUT2D eigenvalue weighted by molar-refractivity contribution is -0.119. The van der Waals surface area contributed by atoms with Gasteiger partial charge in [0, 0.05) is 6.61 Å². The van der Waals surface area contributed by atoms with Gasteiger partial charge < -0.3 is 14.8 Å². The predicted octanol–water partition coefficient (Wildman–Crippen LogP) is 1.82. The molecule has 17 heavy (non-hydrogen) atoms. The fourth-order valence-electron chi connectivity index (χ4n) is 1.30. The van der Waals surface area contributed by atoms with Crippen LogP contribution in [0.1, 0.15) is 25.6 Å². The molecule has 4 nitrogen and oxygen atoms in total. The second-order valence-corrected chi connectivity index (χ2v) is 5.14. The topological polar surface area (TPSA) is 62.5 Å². The van der Waals surface area contributed by atoms with E-state index < -0.39 is 0 Å². The number of aliphatic hydroxyl groups is 1. The summed E-state index contributed by atoms with van der Waals surface area (Å²) in [5.74, 6) is 2.18. The molecule has 2 unspecified atom stereocenters. The second kappa shape index (κ2) is 7.40. The van der Waals surface area contributed by atoms with Gasteiger partial charge in [-0.1, -0.05) is 6.92 Å². The minimum atomic E-state index is -0.103. The molecule has 0 radical (unpaired) electrons. The maximum absolute atomic E-state index is 11.6. The molecule has 0 saturated heterocycles. The van der Waals surface area contributed by atoms with E-state index in [4.69, 9.17) is 9.52 Å². The van der Waals surface area contributed by atoms with E-state index in [9.17, 15) is 4.79 Å². The SMILES string of the molecule is CC(CO)CSCC(=O)NC(C)c1ccco1. The average molecular weight is 257 g/mol. The summed E-state index contributed by atoms with van der Waals surface area (Å²) in [5.41, 5.74) is 0. The molecule has 2 N–H and O–H groups in total. The summed E-state index contributed by atoms with van der Waals surface area (Å²) in [5, 5.41) is 11.7. The summed E-state index contributed by atoms with van der Waals surface area (Å²) in [4.78, 5) is 11.6. The molecular formula is C12H19NO3S. The van der Waals surface area contributed by atoms with Crippen LogP contribution in [-0.4, -0.2) is 29.1 Å². The Labute approximate surface area is 106 Å². The van der Waals surface area contributed by atoms with Crippen LogP contribution in [0.5, 0.6) is 0 Å². The van der Waals surface area contributed by atoms with E-state index in [2.05, 4.69) is 5.32 Å². The van der Waals surface area contributed by atoms with Crippen LogP contribution in [0.2, 0.25) is 0 Å². The lowest BCUT2D eigenvalue weighted by atomic mass is 10.2. The van der Waals surface area contributed by atoms with Gasteiger partial charge in [0.25, 0.3) is 0 Å². The van der Waals surface area contributed by atoms with Gasteiger partial charge in [-0.05, 0) is 30.7 Å². The van der Waals surface area contributed by atoms with E-state index in [1.165, 1.54) is 11.8 Å². The van der Waals surface area contributed by atoms with Crippen LogP contribution < -0.4 is 5.32 Å². The van der Waals surface area contributed by atoms with Gasteiger partial charge in [-0.2, -0.15) is 11.8 Å². The number of carbonyl (C=O) groups is 1. The van der Waals surface area contributed by atoms with Crippen molar-refractivity contribution in [1.82, 2.24) is 5.32 Å². The van der Waals surface area contributed by atoms with Gasteiger partial charge in [0.15, 0.2) is 0 Å². The van der Waals surface area contributed by atoms with Gasteiger partial charge in [-0.15, -0.1) is 0 Å². The molecule has 96 valence electrons. The fraction of sp³-hybridized carbons (Fsp3) is 0.583. The molecule has 1 amide bonds. The molecule has 0 saturated carbocycles. The highest BCUT2D eigenvalue weighted by Gasteiger charge is 2.11. The van der Waals surface area contributed by atoms with Crippen molar-refractivity contribution in [3.63, 3.8) is 0 Å².